The number of halogens is 3. The normalized spacial score (nSPS) is 20.1. The summed E-state index contributed by atoms with van der Waals surface area (Å²) in [6.07, 6.45) is 0. The first-order valence-electron chi connectivity index (χ1n) is 11.7. The van der Waals surface area contributed by atoms with Gasteiger partial charge in [0, 0.05) is 62.8 Å². The van der Waals surface area contributed by atoms with Crippen LogP contribution in [0.5, 0.6) is 5.75 Å². The number of fused-ring (bicyclic) bond motifs is 1. The van der Waals surface area contributed by atoms with Crippen molar-refractivity contribution in [1.82, 2.24) is 15.1 Å². The van der Waals surface area contributed by atoms with Gasteiger partial charge >= 0.3 is 0 Å². The van der Waals surface area contributed by atoms with Crippen LogP contribution in [0, 0.1) is 0 Å². The lowest BCUT2D eigenvalue weighted by molar-refractivity contribution is -0.000633. The molecule has 2 heterocycles. The predicted molar refractivity (Wildman–Crippen MR) is 152 cm³/mol. The minimum Gasteiger partial charge on any atom is -0.496 e. The molecule has 0 aromatic heterocycles. The Hall–Kier alpha value is -1.79. The van der Waals surface area contributed by atoms with Crippen LogP contribution in [0.4, 0.5) is 0 Å². The summed E-state index contributed by atoms with van der Waals surface area (Å²) >= 11 is 0. The molecule has 190 valence electrons. The lowest BCUT2D eigenvalue weighted by Crippen LogP contribution is -2.66. The van der Waals surface area contributed by atoms with Gasteiger partial charge in [-0.05, 0) is 17.2 Å². The number of ether oxygens (including phenoxy) is 1. The largest absolute Gasteiger partial charge is 0.496 e. The van der Waals surface area contributed by atoms with Crippen LogP contribution in [0.15, 0.2) is 84.9 Å². The number of benzene rings is 3. The van der Waals surface area contributed by atoms with E-state index >= 15 is 0 Å². The van der Waals surface area contributed by atoms with Gasteiger partial charge in [0.05, 0.1) is 7.11 Å². The second-order valence-corrected chi connectivity index (χ2v) is 8.97. The minimum absolute atomic E-state index is 0. The number of rotatable bonds is 6. The van der Waals surface area contributed by atoms with Gasteiger partial charge in [0.2, 0.25) is 0 Å². The molecule has 0 amide bonds. The van der Waals surface area contributed by atoms with Gasteiger partial charge in [0.1, 0.15) is 5.75 Å². The molecule has 3 aromatic carbocycles. The number of hydrogen-bond donors (Lipinski definition) is 1. The van der Waals surface area contributed by atoms with Gasteiger partial charge in [-0.3, -0.25) is 9.80 Å². The summed E-state index contributed by atoms with van der Waals surface area (Å²) in [4.78, 5) is 5.41. The van der Waals surface area contributed by atoms with E-state index in [1.807, 2.05) is 0 Å². The van der Waals surface area contributed by atoms with Crippen molar-refractivity contribution in [3.63, 3.8) is 0 Å². The first-order valence-corrected chi connectivity index (χ1v) is 11.7. The van der Waals surface area contributed by atoms with Gasteiger partial charge in [-0.1, -0.05) is 78.9 Å². The van der Waals surface area contributed by atoms with Gasteiger partial charge in [0.25, 0.3) is 0 Å². The van der Waals surface area contributed by atoms with E-state index in [1.165, 1.54) is 16.7 Å². The summed E-state index contributed by atoms with van der Waals surface area (Å²) in [5.74, 6) is 1.33. The highest BCUT2D eigenvalue weighted by atomic mass is 35.5. The minimum atomic E-state index is 0. The topological polar surface area (TPSA) is 27.7 Å². The zero-order chi connectivity index (χ0) is 21.8. The molecule has 2 fully saturated rings. The average molecular weight is 537 g/mol. The molecular formula is C28H36Cl3N3O. The van der Waals surface area contributed by atoms with E-state index in [1.54, 1.807) is 7.11 Å². The van der Waals surface area contributed by atoms with Crippen LogP contribution in [0.3, 0.4) is 0 Å². The number of hydrogen-bond acceptors (Lipinski definition) is 4. The molecule has 3 aromatic rings. The average Bonchev–Trinajstić information content (AvgIpc) is 2.86. The molecule has 2 aliphatic heterocycles. The quantitative estimate of drug-likeness (QED) is 0.466. The molecule has 5 rings (SSSR count). The molecule has 1 unspecified atom stereocenters. The maximum absolute atomic E-state index is 5.66. The highest BCUT2D eigenvalue weighted by Gasteiger charge is 2.40. The summed E-state index contributed by atoms with van der Waals surface area (Å²) in [6, 6.07) is 31.5. The van der Waals surface area contributed by atoms with Gasteiger partial charge < -0.3 is 10.1 Å². The third-order valence-electron chi connectivity index (χ3n) is 7.02. The highest BCUT2D eigenvalue weighted by Crippen LogP contribution is 2.35. The zero-order valence-corrected chi connectivity index (χ0v) is 22.5. The third kappa shape index (κ3) is 6.71. The molecule has 0 radical (unpaired) electrons. The van der Waals surface area contributed by atoms with Crippen molar-refractivity contribution >= 4 is 37.2 Å². The van der Waals surface area contributed by atoms with Gasteiger partial charge in [-0.2, -0.15) is 0 Å². The summed E-state index contributed by atoms with van der Waals surface area (Å²) in [7, 11) is 1.77. The molecule has 35 heavy (non-hydrogen) atoms. The van der Waals surface area contributed by atoms with Crippen LogP contribution in [0.1, 0.15) is 22.6 Å². The molecular weight excluding hydrogens is 501 g/mol. The van der Waals surface area contributed by atoms with E-state index in [0.717, 1.165) is 45.0 Å². The van der Waals surface area contributed by atoms with Crippen molar-refractivity contribution in [2.75, 3.05) is 39.8 Å². The van der Waals surface area contributed by atoms with E-state index in [0.29, 0.717) is 18.0 Å². The van der Waals surface area contributed by atoms with Gasteiger partial charge in [0.15, 0.2) is 0 Å². The van der Waals surface area contributed by atoms with E-state index in [4.69, 9.17) is 4.74 Å². The van der Waals surface area contributed by atoms with Crippen LogP contribution in [0.2, 0.25) is 0 Å². The van der Waals surface area contributed by atoms with Crippen molar-refractivity contribution < 1.29 is 4.74 Å². The highest BCUT2D eigenvalue weighted by molar-refractivity contribution is 5.86. The van der Waals surface area contributed by atoms with E-state index < -0.39 is 0 Å². The lowest BCUT2D eigenvalue weighted by Gasteiger charge is -2.52. The first-order chi connectivity index (χ1) is 15.8. The standard InChI is InChI=1S/C28H33N3O.3ClH/c1-32-27-15-9-8-14-24(27)19-30-20-25-18-29-16-17-31(25)26(21-30)28(22-10-4-2-5-11-22)23-12-6-3-7-13-23;;;/h2-15,25-26,28-29H,16-21H2,1H3;3*1H/t25-,26?;;;/m0.../s1. The molecule has 1 N–H and O–H groups in total. The Morgan fingerprint density at radius 3 is 2.06 bits per heavy atom. The van der Waals surface area contributed by atoms with Crippen molar-refractivity contribution in [3.8, 4) is 5.75 Å². The fourth-order valence-corrected chi connectivity index (χ4v) is 5.58. The zero-order valence-electron chi connectivity index (χ0n) is 20.1. The lowest BCUT2D eigenvalue weighted by atomic mass is 9.81. The third-order valence-corrected chi connectivity index (χ3v) is 7.02. The molecule has 0 spiro atoms. The summed E-state index contributed by atoms with van der Waals surface area (Å²) in [5.41, 5.74) is 4.07. The Morgan fingerprint density at radius 2 is 1.43 bits per heavy atom. The monoisotopic (exact) mass is 535 g/mol. The second kappa shape index (κ2) is 14.1. The van der Waals surface area contributed by atoms with Crippen LogP contribution < -0.4 is 10.1 Å². The Labute approximate surface area is 228 Å². The van der Waals surface area contributed by atoms with Crippen molar-refractivity contribution in [2.45, 2.75) is 24.5 Å². The molecule has 4 nitrogen and oxygen atoms in total. The van der Waals surface area contributed by atoms with E-state index in [9.17, 15) is 0 Å². The Morgan fingerprint density at radius 1 is 0.829 bits per heavy atom. The molecule has 2 saturated heterocycles. The second-order valence-electron chi connectivity index (χ2n) is 8.97. The molecule has 7 heteroatoms. The Balaban J connectivity index is 0.00000144. The van der Waals surface area contributed by atoms with Gasteiger partial charge in [-0.15, -0.1) is 37.2 Å². The summed E-state index contributed by atoms with van der Waals surface area (Å²) < 4.78 is 5.66. The smallest absolute Gasteiger partial charge is 0.123 e. The van der Waals surface area contributed by atoms with Crippen molar-refractivity contribution in [2.24, 2.45) is 0 Å². The Bertz CT molecular complexity index is 969. The Kier molecular flexibility index (Phi) is 11.8. The molecule has 2 atom stereocenters. The van der Waals surface area contributed by atoms with Gasteiger partial charge in [-0.25, -0.2) is 0 Å². The molecule has 2 aliphatic rings. The summed E-state index contributed by atoms with van der Waals surface area (Å²) in [5, 5.41) is 3.64. The molecule has 0 saturated carbocycles. The SMILES string of the molecule is COc1ccccc1CN1CC(C(c2ccccc2)c2ccccc2)N2CCNC[C@H]2C1.Cl.Cl.Cl. The first kappa shape index (κ1) is 29.4. The number of piperazine rings is 2. The maximum Gasteiger partial charge on any atom is 0.123 e. The number of methoxy groups -OCH3 is 1. The molecule has 0 aliphatic carbocycles. The van der Waals surface area contributed by atoms with Crippen LogP contribution in [0.25, 0.3) is 0 Å². The van der Waals surface area contributed by atoms with E-state index in [-0.39, 0.29) is 37.2 Å². The fraction of sp³-hybridized carbons (Fsp3) is 0.357. The molecule has 0 bridgehead atoms. The van der Waals surface area contributed by atoms with Crippen LogP contribution in [-0.4, -0.2) is 61.7 Å². The number of para-hydroxylation sites is 1. The fourth-order valence-electron chi connectivity index (χ4n) is 5.58. The van der Waals surface area contributed by atoms with E-state index in [2.05, 4.69) is 100 Å². The van der Waals surface area contributed by atoms with Crippen LogP contribution >= 0.6 is 37.2 Å². The number of nitrogens with zero attached hydrogens (tertiary/aromatic N) is 2. The number of nitrogens with one attached hydrogen (secondary N) is 1. The maximum atomic E-state index is 5.66. The predicted octanol–water partition coefficient (Wildman–Crippen LogP) is 5.25. The summed E-state index contributed by atoms with van der Waals surface area (Å²) in [6.45, 7) is 6.26. The van der Waals surface area contributed by atoms with Crippen molar-refractivity contribution in [1.29, 1.82) is 0 Å². The van der Waals surface area contributed by atoms with Crippen molar-refractivity contribution in [3.05, 3.63) is 102 Å². The van der Waals surface area contributed by atoms with Crippen LogP contribution in [-0.2, 0) is 6.54 Å².